The average molecular weight is 368 g/mol. The molecule has 0 atom stereocenters. The van der Waals surface area contributed by atoms with Gasteiger partial charge in [-0.1, -0.05) is 23.7 Å². The van der Waals surface area contributed by atoms with Gasteiger partial charge in [0.15, 0.2) is 0 Å². The first-order chi connectivity index (χ1) is 12.5. The zero-order valence-corrected chi connectivity index (χ0v) is 14.8. The highest BCUT2D eigenvalue weighted by Crippen LogP contribution is 2.46. The Morgan fingerprint density at radius 2 is 1.85 bits per heavy atom. The van der Waals surface area contributed by atoms with Gasteiger partial charge in [-0.15, -0.1) is 0 Å². The lowest BCUT2D eigenvalue weighted by atomic mass is 10.0. The molecule has 26 heavy (non-hydrogen) atoms. The van der Waals surface area contributed by atoms with Gasteiger partial charge in [0.2, 0.25) is 11.8 Å². The van der Waals surface area contributed by atoms with Gasteiger partial charge in [-0.25, -0.2) is 0 Å². The van der Waals surface area contributed by atoms with E-state index in [9.17, 15) is 9.59 Å². The minimum absolute atomic E-state index is 0.245. The lowest BCUT2D eigenvalue weighted by molar-refractivity contribution is -0.134. The Morgan fingerprint density at radius 3 is 2.46 bits per heavy atom. The number of hydrogen-bond acceptors (Lipinski definition) is 3. The molecule has 2 N–H and O–H groups in total. The summed E-state index contributed by atoms with van der Waals surface area (Å²) in [5.41, 5.74) is 1.14. The van der Waals surface area contributed by atoms with Crippen molar-refractivity contribution in [2.45, 2.75) is 19.3 Å². The molecule has 1 aliphatic carbocycles. The molecule has 0 aromatic heterocycles. The van der Waals surface area contributed by atoms with Gasteiger partial charge in [-0.2, -0.15) is 5.26 Å². The van der Waals surface area contributed by atoms with E-state index in [1.165, 1.54) is 0 Å². The van der Waals surface area contributed by atoms with Crippen molar-refractivity contribution in [3.8, 4) is 6.07 Å². The molecule has 6 heteroatoms. The molecule has 132 valence electrons. The van der Waals surface area contributed by atoms with Crippen LogP contribution in [0.5, 0.6) is 0 Å². The van der Waals surface area contributed by atoms with Gasteiger partial charge in [0.05, 0.1) is 11.6 Å². The van der Waals surface area contributed by atoms with Gasteiger partial charge in [-0.05, 0) is 61.2 Å². The Hall–Kier alpha value is -2.84. The van der Waals surface area contributed by atoms with Crippen LogP contribution in [0.4, 0.5) is 5.69 Å². The third-order valence-electron chi connectivity index (χ3n) is 4.48. The first-order valence-electron chi connectivity index (χ1n) is 8.38. The van der Waals surface area contributed by atoms with E-state index in [0.29, 0.717) is 42.1 Å². The first-order valence-corrected chi connectivity index (χ1v) is 8.76. The lowest BCUT2D eigenvalue weighted by Crippen LogP contribution is -2.40. The van der Waals surface area contributed by atoms with E-state index >= 15 is 0 Å². The Bertz CT molecular complexity index is 867. The van der Waals surface area contributed by atoms with Crippen molar-refractivity contribution < 1.29 is 9.59 Å². The Balaban J connectivity index is 1.54. The number of amides is 2. The largest absolute Gasteiger partial charge is 0.355 e. The number of rotatable bonds is 6. The standard InChI is InChI=1S/C20H18ClN3O2/c21-16-3-1-2-14(12-16)8-11-23-18(25)20(9-10-20)19(26)24-17-6-4-15(13-22)5-7-17/h1-7,12H,8-11H2,(H,23,25)(H,24,26). The van der Waals surface area contributed by atoms with E-state index < -0.39 is 5.41 Å². The predicted molar refractivity (Wildman–Crippen MR) is 99.6 cm³/mol. The second kappa shape index (κ2) is 7.59. The van der Waals surface area contributed by atoms with E-state index in [1.54, 1.807) is 30.3 Å². The van der Waals surface area contributed by atoms with Gasteiger partial charge in [0.1, 0.15) is 5.41 Å². The molecular weight excluding hydrogens is 350 g/mol. The van der Waals surface area contributed by atoms with Crippen LogP contribution in [0, 0.1) is 16.7 Å². The third kappa shape index (κ3) is 4.04. The average Bonchev–Trinajstić information content (AvgIpc) is 3.44. The molecule has 1 aliphatic rings. The molecule has 2 amide bonds. The number of hydrogen-bond donors (Lipinski definition) is 2. The van der Waals surface area contributed by atoms with Crippen LogP contribution >= 0.6 is 11.6 Å². The van der Waals surface area contributed by atoms with Crippen LogP contribution in [0.3, 0.4) is 0 Å². The number of anilines is 1. The van der Waals surface area contributed by atoms with Crippen molar-refractivity contribution in [2.75, 3.05) is 11.9 Å². The summed E-state index contributed by atoms with van der Waals surface area (Å²) < 4.78 is 0. The van der Waals surface area contributed by atoms with Crippen molar-refractivity contribution in [3.63, 3.8) is 0 Å². The maximum atomic E-state index is 12.5. The van der Waals surface area contributed by atoms with Crippen molar-refractivity contribution in [2.24, 2.45) is 5.41 Å². The number of benzene rings is 2. The summed E-state index contributed by atoms with van der Waals surface area (Å²) in [5, 5.41) is 15.1. The molecular formula is C20H18ClN3O2. The number of nitrogens with zero attached hydrogens (tertiary/aromatic N) is 1. The predicted octanol–water partition coefficient (Wildman–Crippen LogP) is 3.29. The molecule has 0 bridgehead atoms. The van der Waals surface area contributed by atoms with Crippen LogP contribution in [0.1, 0.15) is 24.0 Å². The number of halogens is 1. The molecule has 1 saturated carbocycles. The molecule has 0 spiro atoms. The van der Waals surface area contributed by atoms with E-state index in [-0.39, 0.29) is 11.8 Å². The monoisotopic (exact) mass is 367 g/mol. The molecule has 1 fully saturated rings. The molecule has 0 radical (unpaired) electrons. The fraction of sp³-hybridized carbons (Fsp3) is 0.250. The zero-order chi connectivity index (χ0) is 18.6. The van der Waals surface area contributed by atoms with Crippen LogP contribution in [0.25, 0.3) is 0 Å². The lowest BCUT2D eigenvalue weighted by Gasteiger charge is -2.15. The summed E-state index contributed by atoms with van der Waals surface area (Å²) in [4.78, 5) is 25.0. The normalized spacial score (nSPS) is 14.2. The second-order valence-electron chi connectivity index (χ2n) is 6.36. The number of carbonyl (C=O) groups is 2. The van der Waals surface area contributed by atoms with Gasteiger partial charge in [-0.3, -0.25) is 9.59 Å². The SMILES string of the molecule is N#Cc1ccc(NC(=O)C2(C(=O)NCCc3cccc(Cl)c3)CC2)cc1. The van der Waals surface area contributed by atoms with E-state index in [1.807, 2.05) is 24.3 Å². The highest BCUT2D eigenvalue weighted by atomic mass is 35.5. The van der Waals surface area contributed by atoms with Gasteiger partial charge >= 0.3 is 0 Å². The van der Waals surface area contributed by atoms with Crippen LogP contribution < -0.4 is 10.6 Å². The molecule has 0 saturated heterocycles. The second-order valence-corrected chi connectivity index (χ2v) is 6.80. The molecule has 0 heterocycles. The van der Waals surface area contributed by atoms with Crippen molar-refractivity contribution >= 4 is 29.1 Å². The molecule has 0 unspecified atom stereocenters. The molecule has 3 rings (SSSR count). The van der Waals surface area contributed by atoms with Gasteiger partial charge in [0.25, 0.3) is 0 Å². The molecule has 0 aliphatic heterocycles. The van der Waals surface area contributed by atoms with Crippen molar-refractivity contribution in [1.29, 1.82) is 5.26 Å². The van der Waals surface area contributed by atoms with Crippen LogP contribution in [0.2, 0.25) is 5.02 Å². The number of nitriles is 1. The summed E-state index contributed by atoms with van der Waals surface area (Å²) in [5.74, 6) is -0.548. The molecule has 2 aromatic rings. The quantitative estimate of drug-likeness (QED) is 0.768. The van der Waals surface area contributed by atoms with E-state index in [2.05, 4.69) is 10.6 Å². The summed E-state index contributed by atoms with van der Waals surface area (Å²) in [6.07, 6.45) is 1.73. The summed E-state index contributed by atoms with van der Waals surface area (Å²) in [6.45, 7) is 0.449. The Labute approximate surface area is 157 Å². The zero-order valence-electron chi connectivity index (χ0n) is 14.1. The molecule has 5 nitrogen and oxygen atoms in total. The fourth-order valence-electron chi connectivity index (χ4n) is 2.74. The highest BCUT2D eigenvalue weighted by Gasteiger charge is 2.56. The van der Waals surface area contributed by atoms with Crippen LogP contribution in [-0.4, -0.2) is 18.4 Å². The van der Waals surface area contributed by atoms with Gasteiger partial charge in [0, 0.05) is 17.3 Å². The van der Waals surface area contributed by atoms with E-state index in [0.717, 1.165) is 5.56 Å². The topological polar surface area (TPSA) is 82.0 Å². The Kier molecular flexibility index (Phi) is 5.24. The summed E-state index contributed by atoms with van der Waals surface area (Å²) in [6, 6.07) is 16.1. The third-order valence-corrected chi connectivity index (χ3v) is 4.71. The fourth-order valence-corrected chi connectivity index (χ4v) is 2.96. The number of carbonyl (C=O) groups excluding carboxylic acids is 2. The smallest absolute Gasteiger partial charge is 0.240 e. The maximum Gasteiger partial charge on any atom is 0.240 e. The summed E-state index contributed by atoms with van der Waals surface area (Å²) in [7, 11) is 0. The Morgan fingerprint density at radius 1 is 1.12 bits per heavy atom. The van der Waals surface area contributed by atoms with Crippen LogP contribution in [-0.2, 0) is 16.0 Å². The highest BCUT2D eigenvalue weighted by molar-refractivity contribution is 6.30. The van der Waals surface area contributed by atoms with Crippen molar-refractivity contribution in [3.05, 3.63) is 64.7 Å². The molecule has 2 aromatic carbocycles. The van der Waals surface area contributed by atoms with Gasteiger partial charge < -0.3 is 10.6 Å². The van der Waals surface area contributed by atoms with Crippen LogP contribution in [0.15, 0.2) is 48.5 Å². The minimum Gasteiger partial charge on any atom is -0.355 e. The first kappa shape index (κ1) is 18.0. The minimum atomic E-state index is -0.984. The number of nitrogens with one attached hydrogen (secondary N) is 2. The summed E-state index contributed by atoms with van der Waals surface area (Å²) >= 11 is 5.95. The maximum absolute atomic E-state index is 12.5. The van der Waals surface area contributed by atoms with Crippen molar-refractivity contribution in [1.82, 2.24) is 5.32 Å². The van der Waals surface area contributed by atoms with E-state index in [4.69, 9.17) is 16.9 Å².